The zero-order chi connectivity index (χ0) is 20.1. The summed E-state index contributed by atoms with van der Waals surface area (Å²) in [6, 6.07) is 21.3. The molecule has 0 saturated carbocycles. The van der Waals surface area contributed by atoms with Gasteiger partial charge >= 0.3 is 0 Å². The molecule has 1 heterocycles. The van der Waals surface area contributed by atoms with Crippen LogP contribution in [0.15, 0.2) is 72.8 Å². The summed E-state index contributed by atoms with van der Waals surface area (Å²) in [6.07, 6.45) is 2.04. The quantitative estimate of drug-likeness (QED) is 0.667. The first-order valence-electron chi connectivity index (χ1n) is 10.3. The second kappa shape index (κ2) is 9.20. The maximum Gasteiger partial charge on any atom is 0.253 e. The fraction of sp³-hybridized carbons (Fsp3) is 0.400. The number of carbonyl (C=O) groups excluding carboxylic acids is 1. The highest BCUT2D eigenvalue weighted by molar-refractivity contribution is 6.05. The molecule has 1 amide bonds. The molecule has 148 valence electrons. The van der Waals surface area contributed by atoms with Gasteiger partial charge in [-0.3, -0.25) is 9.69 Å². The third-order valence-corrected chi connectivity index (χ3v) is 5.87. The summed E-state index contributed by atoms with van der Waals surface area (Å²) in [5, 5.41) is 0. The van der Waals surface area contributed by atoms with Crippen LogP contribution in [0.25, 0.3) is 0 Å². The zero-order valence-electron chi connectivity index (χ0n) is 17.3. The number of likely N-dealkylation sites (tertiary alicyclic amines) is 1. The molecule has 0 bridgehead atoms. The van der Waals surface area contributed by atoms with Crippen LogP contribution in [-0.4, -0.2) is 36.0 Å². The van der Waals surface area contributed by atoms with E-state index in [1.165, 1.54) is 5.56 Å². The maximum absolute atomic E-state index is 13.0. The van der Waals surface area contributed by atoms with Gasteiger partial charge in [0.25, 0.3) is 5.91 Å². The molecule has 2 aromatic carbocycles. The van der Waals surface area contributed by atoms with Gasteiger partial charge in [0.15, 0.2) is 0 Å². The van der Waals surface area contributed by atoms with Crippen molar-refractivity contribution in [2.45, 2.75) is 45.7 Å². The fourth-order valence-electron chi connectivity index (χ4n) is 4.24. The Balaban J connectivity index is 1.73. The minimum atomic E-state index is 0.0352. The van der Waals surface area contributed by atoms with E-state index in [1.54, 1.807) is 6.92 Å². The van der Waals surface area contributed by atoms with Gasteiger partial charge in [0.1, 0.15) is 0 Å². The molecule has 3 atom stereocenters. The van der Waals surface area contributed by atoms with Gasteiger partial charge in [-0.05, 0) is 50.3 Å². The van der Waals surface area contributed by atoms with E-state index in [1.807, 2.05) is 35.2 Å². The summed E-state index contributed by atoms with van der Waals surface area (Å²) in [4.78, 5) is 17.6. The lowest BCUT2D eigenvalue weighted by atomic mass is 9.87. The zero-order valence-corrected chi connectivity index (χ0v) is 17.3. The Morgan fingerprint density at radius 2 is 1.68 bits per heavy atom. The standard InChI is InChI=1S/C25H32N2O/c1-19(2)25(28)27(23-13-9-6-10-14-23)24-17-21(4)26(18-20(24)3)16-15-22-11-7-5-8-12-22/h5-14,20-21,24H,1,15-18H2,2-4H3. The minimum Gasteiger partial charge on any atom is -0.305 e. The number of nitrogens with zero attached hydrogens (tertiary/aromatic N) is 2. The van der Waals surface area contributed by atoms with E-state index in [9.17, 15) is 4.79 Å². The first kappa shape index (κ1) is 20.3. The highest BCUT2D eigenvalue weighted by Crippen LogP contribution is 2.31. The van der Waals surface area contributed by atoms with Crippen LogP contribution in [0, 0.1) is 5.92 Å². The van der Waals surface area contributed by atoms with E-state index in [4.69, 9.17) is 0 Å². The van der Waals surface area contributed by atoms with E-state index in [0.29, 0.717) is 17.5 Å². The van der Waals surface area contributed by atoms with Crippen molar-refractivity contribution in [2.75, 3.05) is 18.0 Å². The molecule has 1 saturated heterocycles. The predicted molar refractivity (Wildman–Crippen MR) is 117 cm³/mol. The lowest BCUT2D eigenvalue weighted by Gasteiger charge is -2.46. The molecule has 3 unspecified atom stereocenters. The number of carbonyl (C=O) groups is 1. The minimum absolute atomic E-state index is 0.0352. The Morgan fingerprint density at radius 1 is 1.07 bits per heavy atom. The molecule has 1 aliphatic rings. The number of piperidine rings is 1. The molecule has 28 heavy (non-hydrogen) atoms. The third kappa shape index (κ3) is 4.71. The monoisotopic (exact) mass is 376 g/mol. The average molecular weight is 377 g/mol. The molecule has 0 radical (unpaired) electrons. The van der Waals surface area contributed by atoms with Crippen LogP contribution >= 0.6 is 0 Å². The molecule has 0 N–H and O–H groups in total. The second-order valence-electron chi connectivity index (χ2n) is 8.15. The van der Waals surface area contributed by atoms with Crippen molar-refractivity contribution in [3.8, 4) is 0 Å². The maximum atomic E-state index is 13.0. The van der Waals surface area contributed by atoms with Crippen molar-refractivity contribution in [3.63, 3.8) is 0 Å². The van der Waals surface area contributed by atoms with Gasteiger partial charge in [-0.15, -0.1) is 0 Å². The lowest BCUT2D eigenvalue weighted by molar-refractivity contribution is -0.116. The molecule has 1 fully saturated rings. The molecule has 3 nitrogen and oxygen atoms in total. The normalized spacial score (nSPS) is 22.6. The van der Waals surface area contributed by atoms with Gasteiger partial charge in [-0.1, -0.05) is 62.0 Å². The summed E-state index contributed by atoms with van der Waals surface area (Å²) in [5.41, 5.74) is 2.94. The van der Waals surface area contributed by atoms with Gasteiger partial charge in [0.2, 0.25) is 0 Å². The molecule has 1 aliphatic heterocycles. The third-order valence-electron chi connectivity index (χ3n) is 5.87. The van der Waals surface area contributed by atoms with Crippen molar-refractivity contribution < 1.29 is 4.79 Å². The van der Waals surface area contributed by atoms with Crippen molar-refractivity contribution in [2.24, 2.45) is 5.92 Å². The largest absolute Gasteiger partial charge is 0.305 e. The number of anilines is 1. The summed E-state index contributed by atoms with van der Waals surface area (Å²) < 4.78 is 0. The van der Waals surface area contributed by atoms with Gasteiger partial charge < -0.3 is 4.90 Å². The van der Waals surface area contributed by atoms with Gasteiger partial charge in [0, 0.05) is 36.4 Å². The van der Waals surface area contributed by atoms with Crippen molar-refractivity contribution in [3.05, 3.63) is 78.4 Å². The average Bonchev–Trinajstić information content (AvgIpc) is 2.71. The summed E-state index contributed by atoms with van der Waals surface area (Å²) in [6.45, 7) is 12.3. The first-order chi connectivity index (χ1) is 13.5. The summed E-state index contributed by atoms with van der Waals surface area (Å²) in [7, 11) is 0. The molecular formula is C25H32N2O. The van der Waals surface area contributed by atoms with Crippen LogP contribution in [0.5, 0.6) is 0 Å². The Labute approximate surface area is 169 Å². The highest BCUT2D eigenvalue weighted by atomic mass is 16.2. The van der Waals surface area contributed by atoms with Crippen LogP contribution in [0.4, 0.5) is 5.69 Å². The van der Waals surface area contributed by atoms with Crippen molar-refractivity contribution in [1.82, 2.24) is 4.90 Å². The summed E-state index contributed by atoms with van der Waals surface area (Å²) >= 11 is 0. The van der Waals surface area contributed by atoms with Gasteiger partial charge in [0.05, 0.1) is 0 Å². The fourth-order valence-corrected chi connectivity index (χ4v) is 4.24. The SMILES string of the molecule is C=C(C)C(=O)N(c1ccccc1)C1CC(C)N(CCc2ccccc2)CC1C. The number of amides is 1. The molecule has 3 rings (SSSR count). The highest BCUT2D eigenvalue weighted by Gasteiger charge is 2.37. The second-order valence-corrected chi connectivity index (χ2v) is 8.15. The Morgan fingerprint density at radius 3 is 2.29 bits per heavy atom. The Hall–Kier alpha value is -2.39. The molecule has 0 spiro atoms. The van der Waals surface area contributed by atoms with E-state index >= 15 is 0 Å². The Kier molecular flexibility index (Phi) is 6.69. The number of rotatable bonds is 6. The van der Waals surface area contributed by atoms with Gasteiger partial charge in [-0.25, -0.2) is 0 Å². The Bertz CT molecular complexity index is 787. The number of hydrogen-bond donors (Lipinski definition) is 0. The van der Waals surface area contributed by atoms with Crippen LogP contribution in [-0.2, 0) is 11.2 Å². The molecule has 0 aliphatic carbocycles. The topological polar surface area (TPSA) is 23.6 Å². The van der Waals surface area contributed by atoms with Crippen LogP contribution in [0.3, 0.4) is 0 Å². The number of para-hydroxylation sites is 1. The number of benzene rings is 2. The molecular weight excluding hydrogens is 344 g/mol. The van der Waals surface area contributed by atoms with Crippen molar-refractivity contribution >= 4 is 11.6 Å². The van der Waals surface area contributed by atoms with E-state index < -0.39 is 0 Å². The van der Waals surface area contributed by atoms with E-state index in [-0.39, 0.29) is 11.9 Å². The van der Waals surface area contributed by atoms with E-state index in [2.05, 4.69) is 55.7 Å². The summed E-state index contributed by atoms with van der Waals surface area (Å²) in [5.74, 6) is 0.434. The molecule has 3 heteroatoms. The molecule has 0 aromatic heterocycles. The predicted octanol–water partition coefficient (Wildman–Crippen LogP) is 4.94. The lowest BCUT2D eigenvalue weighted by Crippen LogP contribution is -2.55. The van der Waals surface area contributed by atoms with Crippen LogP contribution < -0.4 is 4.90 Å². The van der Waals surface area contributed by atoms with Crippen molar-refractivity contribution in [1.29, 1.82) is 0 Å². The number of hydrogen-bond acceptors (Lipinski definition) is 2. The molecule has 2 aromatic rings. The first-order valence-corrected chi connectivity index (χ1v) is 10.3. The van der Waals surface area contributed by atoms with E-state index in [0.717, 1.165) is 31.6 Å². The van der Waals surface area contributed by atoms with Gasteiger partial charge in [-0.2, -0.15) is 0 Å². The smallest absolute Gasteiger partial charge is 0.253 e. The van der Waals surface area contributed by atoms with Crippen LogP contribution in [0.2, 0.25) is 0 Å². The van der Waals surface area contributed by atoms with Crippen LogP contribution in [0.1, 0.15) is 32.8 Å².